The summed E-state index contributed by atoms with van der Waals surface area (Å²) in [5.74, 6) is 0. The SMILES string of the molecule is CNCC1CN1CCCN(C)C. The van der Waals surface area contributed by atoms with Crippen molar-refractivity contribution in [3.05, 3.63) is 0 Å². The molecule has 0 aromatic rings. The lowest BCUT2D eigenvalue weighted by Crippen LogP contribution is -2.20. The maximum atomic E-state index is 3.21. The van der Waals surface area contributed by atoms with Crippen LogP contribution in [0.15, 0.2) is 0 Å². The van der Waals surface area contributed by atoms with Gasteiger partial charge in [0.05, 0.1) is 0 Å². The van der Waals surface area contributed by atoms with Crippen LogP contribution < -0.4 is 5.32 Å². The number of nitrogens with one attached hydrogen (secondary N) is 1. The van der Waals surface area contributed by atoms with E-state index >= 15 is 0 Å². The van der Waals surface area contributed by atoms with Crippen LogP contribution in [-0.4, -0.2) is 63.2 Å². The number of hydrogen-bond donors (Lipinski definition) is 1. The molecule has 3 nitrogen and oxygen atoms in total. The third-order valence-corrected chi connectivity index (χ3v) is 2.32. The number of likely N-dealkylation sites (N-methyl/N-ethyl adjacent to an activating group) is 1. The summed E-state index contributed by atoms with van der Waals surface area (Å²) in [5.41, 5.74) is 0. The zero-order valence-electron chi connectivity index (χ0n) is 8.51. The number of rotatable bonds is 6. The van der Waals surface area contributed by atoms with Gasteiger partial charge in [0.25, 0.3) is 0 Å². The standard InChI is InChI=1S/C9H21N3/c1-10-7-9-8-12(9)6-4-5-11(2)3/h9-10H,4-8H2,1-3H3. The fourth-order valence-electron chi connectivity index (χ4n) is 1.52. The van der Waals surface area contributed by atoms with Crippen molar-refractivity contribution in [1.82, 2.24) is 15.1 Å². The lowest BCUT2D eigenvalue weighted by Gasteiger charge is -2.09. The Morgan fingerprint density at radius 1 is 1.50 bits per heavy atom. The third-order valence-electron chi connectivity index (χ3n) is 2.32. The summed E-state index contributed by atoms with van der Waals surface area (Å²) in [5, 5.41) is 3.21. The molecule has 0 aliphatic carbocycles. The second kappa shape index (κ2) is 4.80. The van der Waals surface area contributed by atoms with Crippen LogP contribution in [0, 0.1) is 0 Å². The molecule has 0 spiro atoms. The van der Waals surface area contributed by atoms with Crippen molar-refractivity contribution in [2.45, 2.75) is 12.5 Å². The summed E-state index contributed by atoms with van der Waals surface area (Å²) >= 11 is 0. The highest BCUT2D eigenvalue weighted by Crippen LogP contribution is 2.15. The minimum atomic E-state index is 0.831. The van der Waals surface area contributed by atoms with Crippen molar-refractivity contribution in [1.29, 1.82) is 0 Å². The summed E-state index contributed by atoms with van der Waals surface area (Å²) in [6.45, 7) is 4.93. The molecule has 0 saturated carbocycles. The maximum Gasteiger partial charge on any atom is 0.0348 e. The van der Waals surface area contributed by atoms with Crippen molar-refractivity contribution >= 4 is 0 Å². The summed E-state index contributed by atoms with van der Waals surface area (Å²) in [4.78, 5) is 4.77. The molecular formula is C9H21N3. The Labute approximate surface area is 75.7 Å². The number of hydrogen-bond acceptors (Lipinski definition) is 3. The van der Waals surface area contributed by atoms with Gasteiger partial charge in [0.15, 0.2) is 0 Å². The first-order chi connectivity index (χ1) is 5.74. The molecule has 2 atom stereocenters. The maximum absolute atomic E-state index is 3.21. The minimum Gasteiger partial charge on any atom is -0.318 e. The molecule has 0 radical (unpaired) electrons. The molecule has 1 saturated heterocycles. The van der Waals surface area contributed by atoms with E-state index in [2.05, 4.69) is 29.2 Å². The first-order valence-corrected chi connectivity index (χ1v) is 4.77. The molecule has 0 amide bonds. The normalized spacial score (nSPS) is 28.0. The smallest absolute Gasteiger partial charge is 0.0348 e. The molecule has 1 heterocycles. The van der Waals surface area contributed by atoms with Gasteiger partial charge in [-0.1, -0.05) is 0 Å². The zero-order valence-corrected chi connectivity index (χ0v) is 8.51. The molecule has 1 aliphatic heterocycles. The number of nitrogens with zero attached hydrogens (tertiary/aromatic N) is 2. The van der Waals surface area contributed by atoms with Gasteiger partial charge in [-0.2, -0.15) is 0 Å². The molecule has 1 N–H and O–H groups in total. The van der Waals surface area contributed by atoms with E-state index in [4.69, 9.17) is 0 Å². The van der Waals surface area contributed by atoms with Crippen LogP contribution in [0.5, 0.6) is 0 Å². The van der Waals surface area contributed by atoms with Crippen molar-refractivity contribution < 1.29 is 0 Å². The Hall–Kier alpha value is -0.120. The van der Waals surface area contributed by atoms with Crippen LogP contribution in [0.2, 0.25) is 0 Å². The predicted molar refractivity (Wildman–Crippen MR) is 52.5 cm³/mol. The van der Waals surface area contributed by atoms with Gasteiger partial charge in [-0.25, -0.2) is 0 Å². The largest absolute Gasteiger partial charge is 0.318 e. The molecule has 3 heteroatoms. The third kappa shape index (κ3) is 3.52. The molecular weight excluding hydrogens is 150 g/mol. The van der Waals surface area contributed by atoms with Gasteiger partial charge in [0.2, 0.25) is 0 Å². The summed E-state index contributed by atoms with van der Waals surface area (Å²) in [6.07, 6.45) is 1.30. The first-order valence-electron chi connectivity index (χ1n) is 4.77. The van der Waals surface area contributed by atoms with E-state index in [1.807, 2.05) is 7.05 Å². The molecule has 1 fully saturated rings. The van der Waals surface area contributed by atoms with Crippen molar-refractivity contribution in [3.8, 4) is 0 Å². The minimum absolute atomic E-state index is 0.831. The van der Waals surface area contributed by atoms with Crippen LogP contribution in [-0.2, 0) is 0 Å². The van der Waals surface area contributed by atoms with Gasteiger partial charge >= 0.3 is 0 Å². The Kier molecular flexibility index (Phi) is 3.98. The molecule has 0 bridgehead atoms. The van der Waals surface area contributed by atoms with E-state index in [0.717, 1.165) is 12.6 Å². The highest BCUT2D eigenvalue weighted by Gasteiger charge is 2.31. The summed E-state index contributed by atoms with van der Waals surface area (Å²) in [7, 11) is 6.29. The topological polar surface area (TPSA) is 18.3 Å². The van der Waals surface area contributed by atoms with Crippen molar-refractivity contribution in [2.24, 2.45) is 0 Å². The van der Waals surface area contributed by atoms with Gasteiger partial charge in [-0.05, 0) is 40.7 Å². The average molecular weight is 171 g/mol. The van der Waals surface area contributed by atoms with Crippen LogP contribution in [0.1, 0.15) is 6.42 Å². The van der Waals surface area contributed by atoms with E-state index < -0.39 is 0 Å². The first kappa shape index (κ1) is 9.96. The van der Waals surface area contributed by atoms with Gasteiger partial charge in [-0.15, -0.1) is 0 Å². The molecule has 12 heavy (non-hydrogen) atoms. The monoisotopic (exact) mass is 171 g/mol. The van der Waals surface area contributed by atoms with E-state index in [1.54, 1.807) is 0 Å². The Morgan fingerprint density at radius 3 is 2.83 bits per heavy atom. The second-order valence-electron chi connectivity index (χ2n) is 3.86. The van der Waals surface area contributed by atoms with Crippen molar-refractivity contribution in [2.75, 3.05) is 47.3 Å². The van der Waals surface area contributed by atoms with Gasteiger partial charge in [-0.3, -0.25) is 4.90 Å². The lowest BCUT2D eigenvalue weighted by molar-refractivity contribution is 0.370. The van der Waals surface area contributed by atoms with E-state index in [0.29, 0.717) is 0 Å². The van der Waals surface area contributed by atoms with E-state index in [-0.39, 0.29) is 0 Å². The van der Waals surface area contributed by atoms with Crippen LogP contribution in [0.25, 0.3) is 0 Å². The fourth-order valence-corrected chi connectivity index (χ4v) is 1.52. The second-order valence-corrected chi connectivity index (χ2v) is 3.86. The Bertz CT molecular complexity index is 125. The van der Waals surface area contributed by atoms with Gasteiger partial charge < -0.3 is 10.2 Å². The molecule has 0 aromatic carbocycles. The Morgan fingerprint density at radius 2 is 2.25 bits per heavy atom. The molecule has 0 aromatic heterocycles. The van der Waals surface area contributed by atoms with Crippen LogP contribution >= 0.6 is 0 Å². The van der Waals surface area contributed by atoms with Gasteiger partial charge in [0.1, 0.15) is 0 Å². The highest BCUT2D eigenvalue weighted by molar-refractivity contribution is 4.90. The zero-order chi connectivity index (χ0) is 8.97. The van der Waals surface area contributed by atoms with E-state index in [1.165, 1.54) is 26.1 Å². The van der Waals surface area contributed by atoms with E-state index in [9.17, 15) is 0 Å². The average Bonchev–Trinajstić information content (AvgIpc) is 2.68. The Balaban J connectivity index is 1.90. The molecule has 2 unspecified atom stereocenters. The van der Waals surface area contributed by atoms with Crippen molar-refractivity contribution in [3.63, 3.8) is 0 Å². The van der Waals surface area contributed by atoms with Crippen LogP contribution in [0.4, 0.5) is 0 Å². The fraction of sp³-hybridized carbons (Fsp3) is 1.00. The quantitative estimate of drug-likeness (QED) is 0.560. The molecule has 1 aliphatic rings. The van der Waals surface area contributed by atoms with Gasteiger partial charge in [0, 0.05) is 19.1 Å². The summed E-state index contributed by atoms with van der Waals surface area (Å²) in [6, 6.07) is 0.831. The highest BCUT2D eigenvalue weighted by atomic mass is 15.3. The molecule has 1 rings (SSSR count). The molecule has 72 valence electrons. The summed E-state index contributed by atoms with van der Waals surface area (Å²) < 4.78 is 0. The predicted octanol–water partition coefficient (Wildman–Crippen LogP) is -0.158. The lowest BCUT2D eigenvalue weighted by atomic mass is 10.4. The van der Waals surface area contributed by atoms with Crippen LogP contribution in [0.3, 0.4) is 0 Å².